The van der Waals surface area contributed by atoms with E-state index in [-0.39, 0.29) is 17.2 Å². The standard InChI is InChI=1S/C18H19ClN4O3S/c1-2-7-23-16-9-13(10-17(27(20,25)26)14(16)11-21-23)22-18(24)8-12-5-3-4-6-15(12)19/h3-6,9-11H,2,7-8H2,1H3,(H,22,24)(H2,20,25,26). The van der Waals surface area contributed by atoms with E-state index in [9.17, 15) is 13.2 Å². The zero-order valence-electron chi connectivity index (χ0n) is 14.6. The molecule has 9 heteroatoms. The number of rotatable bonds is 6. The number of nitrogens with two attached hydrogens (primary N) is 1. The fourth-order valence-electron chi connectivity index (χ4n) is 2.86. The van der Waals surface area contributed by atoms with Gasteiger partial charge in [-0.3, -0.25) is 9.48 Å². The number of aromatic nitrogens is 2. The van der Waals surface area contributed by atoms with Gasteiger partial charge >= 0.3 is 0 Å². The second kappa shape index (κ2) is 7.67. The van der Waals surface area contributed by atoms with Gasteiger partial charge in [-0.05, 0) is 30.2 Å². The molecular weight excluding hydrogens is 388 g/mol. The molecule has 1 aromatic heterocycles. The number of sulfonamides is 1. The van der Waals surface area contributed by atoms with Crippen LogP contribution >= 0.6 is 11.6 Å². The summed E-state index contributed by atoms with van der Waals surface area (Å²) in [5.41, 5.74) is 1.61. The van der Waals surface area contributed by atoms with Gasteiger partial charge in [0.05, 0.1) is 23.0 Å². The predicted octanol–water partition coefficient (Wildman–Crippen LogP) is 2.93. The lowest BCUT2D eigenvalue weighted by Gasteiger charge is -2.10. The smallest absolute Gasteiger partial charge is 0.238 e. The van der Waals surface area contributed by atoms with Crippen molar-refractivity contribution in [1.82, 2.24) is 9.78 Å². The van der Waals surface area contributed by atoms with Gasteiger partial charge in [-0.25, -0.2) is 13.6 Å². The van der Waals surface area contributed by atoms with Crippen molar-refractivity contribution in [2.45, 2.75) is 31.2 Å². The van der Waals surface area contributed by atoms with E-state index in [1.165, 1.54) is 12.3 Å². The number of benzene rings is 2. The summed E-state index contributed by atoms with van der Waals surface area (Å²) in [4.78, 5) is 12.3. The highest BCUT2D eigenvalue weighted by molar-refractivity contribution is 7.89. The van der Waals surface area contributed by atoms with Gasteiger partial charge in [0, 0.05) is 22.6 Å². The van der Waals surface area contributed by atoms with Crippen molar-refractivity contribution >= 4 is 44.1 Å². The number of carbonyl (C=O) groups is 1. The Balaban J connectivity index is 1.97. The normalized spacial score (nSPS) is 11.7. The lowest BCUT2D eigenvalue weighted by Crippen LogP contribution is -2.17. The Labute approximate surface area is 162 Å². The molecule has 3 N–H and O–H groups in total. The third kappa shape index (κ3) is 4.29. The quantitative estimate of drug-likeness (QED) is 0.656. The second-order valence-electron chi connectivity index (χ2n) is 6.14. The number of halogens is 1. The highest BCUT2D eigenvalue weighted by Gasteiger charge is 2.18. The summed E-state index contributed by atoms with van der Waals surface area (Å²) in [5.74, 6) is -0.315. The fourth-order valence-corrected chi connectivity index (χ4v) is 3.82. The summed E-state index contributed by atoms with van der Waals surface area (Å²) in [5, 5.41) is 13.2. The van der Waals surface area contributed by atoms with Crippen LogP contribution in [-0.2, 0) is 27.8 Å². The first-order chi connectivity index (χ1) is 12.8. The number of anilines is 1. The fraction of sp³-hybridized carbons (Fsp3) is 0.222. The van der Waals surface area contributed by atoms with Crippen molar-refractivity contribution in [3.63, 3.8) is 0 Å². The van der Waals surface area contributed by atoms with E-state index in [1.54, 1.807) is 35.0 Å². The Kier molecular flexibility index (Phi) is 5.50. The maximum Gasteiger partial charge on any atom is 0.238 e. The predicted molar refractivity (Wildman–Crippen MR) is 105 cm³/mol. The molecule has 1 heterocycles. The first kappa shape index (κ1) is 19.3. The Morgan fingerprint density at radius 2 is 2.04 bits per heavy atom. The van der Waals surface area contributed by atoms with E-state index in [1.807, 2.05) is 6.92 Å². The van der Waals surface area contributed by atoms with Crippen LogP contribution in [0.15, 0.2) is 47.5 Å². The van der Waals surface area contributed by atoms with E-state index in [4.69, 9.17) is 16.7 Å². The van der Waals surface area contributed by atoms with Gasteiger partial charge in [0.2, 0.25) is 15.9 Å². The topological polar surface area (TPSA) is 107 Å². The lowest BCUT2D eigenvalue weighted by atomic mass is 10.1. The molecule has 142 valence electrons. The highest BCUT2D eigenvalue weighted by atomic mass is 35.5. The maximum atomic E-state index is 12.4. The summed E-state index contributed by atoms with van der Waals surface area (Å²) < 4.78 is 25.7. The molecule has 27 heavy (non-hydrogen) atoms. The summed E-state index contributed by atoms with van der Waals surface area (Å²) >= 11 is 6.09. The molecular formula is C18H19ClN4O3S. The molecule has 0 atom stereocenters. The summed E-state index contributed by atoms with van der Waals surface area (Å²) in [6, 6.07) is 10.1. The largest absolute Gasteiger partial charge is 0.326 e. The Hall–Kier alpha value is -2.42. The van der Waals surface area contributed by atoms with Crippen molar-refractivity contribution in [3.8, 4) is 0 Å². The molecule has 0 saturated heterocycles. The molecule has 0 bridgehead atoms. The molecule has 0 saturated carbocycles. The first-order valence-electron chi connectivity index (χ1n) is 8.35. The van der Waals surface area contributed by atoms with Crippen LogP contribution in [0.5, 0.6) is 0 Å². The zero-order chi connectivity index (χ0) is 19.6. The van der Waals surface area contributed by atoms with Crippen LogP contribution in [0.3, 0.4) is 0 Å². The molecule has 0 unspecified atom stereocenters. The number of primary sulfonamides is 1. The van der Waals surface area contributed by atoms with Crippen molar-refractivity contribution in [2.75, 3.05) is 5.32 Å². The Morgan fingerprint density at radius 1 is 1.30 bits per heavy atom. The van der Waals surface area contributed by atoms with Crippen LogP contribution in [0.2, 0.25) is 5.02 Å². The average Bonchev–Trinajstić information content (AvgIpc) is 2.99. The molecule has 0 spiro atoms. The van der Waals surface area contributed by atoms with Crippen molar-refractivity contribution in [3.05, 3.63) is 53.2 Å². The highest BCUT2D eigenvalue weighted by Crippen LogP contribution is 2.27. The number of nitrogens with one attached hydrogen (secondary N) is 1. The SMILES string of the molecule is CCCn1ncc2c(S(N)(=O)=O)cc(NC(=O)Cc3ccccc3Cl)cc21. The Bertz CT molecular complexity index is 1110. The summed E-state index contributed by atoms with van der Waals surface area (Å²) in [7, 11) is -3.98. The van der Waals surface area contributed by atoms with Crippen LogP contribution in [-0.4, -0.2) is 24.1 Å². The molecule has 0 aliphatic heterocycles. The lowest BCUT2D eigenvalue weighted by molar-refractivity contribution is -0.115. The van der Waals surface area contributed by atoms with Crippen LogP contribution < -0.4 is 10.5 Å². The molecule has 0 aliphatic rings. The van der Waals surface area contributed by atoms with E-state index in [2.05, 4.69) is 10.4 Å². The zero-order valence-corrected chi connectivity index (χ0v) is 16.2. The number of aryl methyl sites for hydroxylation is 1. The van der Waals surface area contributed by atoms with E-state index >= 15 is 0 Å². The van der Waals surface area contributed by atoms with Crippen LogP contribution in [0, 0.1) is 0 Å². The van der Waals surface area contributed by atoms with Gasteiger partial charge in [-0.15, -0.1) is 0 Å². The van der Waals surface area contributed by atoms with Crippen molar-refractivity contribution in [1.29, 1.82) is 0 Å². The van der Waals surface area contributed by atoms with Crippen LogP contribution in [0.1, 0.15) is 18.9 Å². The first-order valence-corrected chi connectivity index (χ1v) is 10.3. The minimum absolute atomic E-state index is 0.0661. The van der Waals surface area contributed by atoms with Gasteiger partial charge in [-0.1, -0.05) is 36.7 Å². The molecule has 3 rings (SSSR count). The third-order valence-corrected chi connectivity index (χ3v) is 5.38. The number of carbonyl (C=O) groups excluding carboxylic acids is 1. The summed E-state index contributed by atoms with van der Waals surface area (Å²) in [6.07, 6.45) is 2.36. The van der Waals surface area contributed by atoms with Crippen molar-refractivity contribution in [2.24, 2.45) is 5.14 Å². The van der Waals surface area contributed by atoms with Crippen LogP contribution in [0.25, 0.3) is 10.9 Å². The molecule has 2 aromatic carbocycles. The van der Waals surface area contributed by atoms with E-state index in [0.29, 0.717) is 33.7 Å². The number of amides is 1. The summed E-state index contributed by atoms with van der Waals surface area (Å²) in [6.45, 7) is 2.61. The van der Waals surface area contributed by atoms with E-state index < -0.39 is 10.0 Å². The number of fused-ring (bicyclic) bond motifs is 1. The monoisotopic (exact) mass is 406 g/mol. The molecule has 0 aliphatic carbocycles. The van der Waals surface area contributed by atoms with Crippen LogP contribution in [0.4, 0.5) is 5.69 Å². The molecule has 3 aromatic rings. The minimum atomic E-state index is -3.98. The second-order valence-corrected chi connectivity index (χ2v) is 8.07. The van der Waals surface area contributed by atoms with Gasteiger partial charge in [0.15, 0.2) is 0 Å². The minimum Gasteiger partial charge on any atom is -0.326 e. The van der Waals surface area contributed by atoms with Gasteiger partial charge < -0.3 is 5.32 Å². The maximum absolute atomic E-state index is 12.4. The molecule has 7 nitrogen and oxygen atoms in total. The van der Waals surface area contributed by atoms with Gasteiger partial charge in [0.25, 0.3) is 0 Å². The average molecular weight is 407 g/mol. The number of hydrogen-bond acceptors (Lipinski definition) is 4. The third-order valence-electron chi connectivity index (χ3n) is 4.06. The number of hydrogen-bond donors (Lipinski definition) is 2. The van der Waals surface area contributed by atoms with E-state index in [0.717, 1.165) is 6.42 Å². The Morgan fingerprint density at radius 3 is 2.70 bits per heavy atom. The number of nitrogens with zero attached hydrogens (tertiary/aromatic N) is 2. The van der Waals surface area contributed by atoms with Crippen molar-refractivity contribution < 1.29 is 13.2 Å². The molecule has 1 amide bonds. The van der Waals surface area contributed by atoms with Gasteiger partial charge in [0.1, 0.15) is 0 Å². The molecule has 0 fully saturated rings. The molecule has 0 radical (unpaired) electrons. The van der Waals surface area contributed by atoms with Gasteiger partial charge in [-0.2, -0.15) is 5.10 Å².